The fourth-order valence-electron chi connectivity index (χ4n) is 3.28. The minimum Gasteiger partial charge on any atom is -0.348 e. The summed E-state index contributed by atoms with van der Waals surface area (Å²) in [4.78, 5) is 13.0. The second-order valence-electron chi connectivity index (χ2n) is 7.54. The number of halogens is 1. The lowest BCUT2D eigenvalue weighted by atomic mass is 10.1. The molecule has 2 aromatic carbocycles. The van der Waals surface area contributed by atoms with E-state index in [0.29, 0.717) is 28.2 Å². The zero-order chi connectivity index (χ0) is 22.8. The maximum absolute atomic E-state index is 13.2. The van der Waals surface area contributed by atoms with Gasteiger partial charge in [-0.3, -0.25) is 4.79 Å². The average Bonchev–Trinajstić information content (AvgIpc) is 3.00. The Morgan fingerprint density at radius 3 is 2.45 bits per heavy atom. The molecule has 7 nitrogen and oxygen atoms in total. The van der Waals surface area contributed by atoms with E-state index >= 15 is 0 Å². The van der Waals surface area contributed by atoms with Crippen LogP contribution >= 0.6 is 0 Å². The summed E-state index contributed by atoms with van der Waals surface area (Å²) in [6.07, 6.45) is 0. The quantitative estimate of drug-likeness (QED) is 0.585. The van der Waals surface area contributed by atoms with Crippen LogP contribution in [0.4, 0.5) is 4.39 Å². The Balaban J connectivity index is 1.78. The number of aryl methyl sites for hydroxylation is 1. The summed E-state index contributed by atoms with van der Waals surface area (Å²) < 4.78 is 42.1. The van der Waals surface area contributed by atoms with Crippen molar-refractivity contribution in [2.24, 2.45) is 0 Å². The molecule has 3 aromatic rings. The van der Waals surface area contributed by atoms with E-state index in [-0.39, 0.29) is 29.2 Å². The first-order valence-electron chi connectivity index (χ1n) is 9.80. The Morgan fingerprint density at radius 2 is 1.81 bits per heavy atom. The molecule has 1 amide bonds. The molecule has 31 heavy (non-hydrogen) atoms. The molecule has 9 heteroatoms. The summed E-state index contributed by atoms with van der Waals surface area (Å²) in [5, 5.41) is 7.23. The van der Waals surface area contributed by atoms with Gasteiger partial charge in [-0.2, -0.15) is 5.10 Å². The number of aromatic nitrogens is 2. The topological polar surface area (TPSA) is 93.1 Å². The summed E-state index contributed by atoms with van der Waals surface area (Å²) >= 11 is 0. The fraction of sp³-hybridized carbons (Fsp3) is 0.273. The second-order valence-corrected chi connectivity index (χ2v) is 9.25. The molecule has 0 aliphatic carbocycles. The Kier molecular flexibility index (Phi) is 6.56. The normalized spacial score (nSPS) is 11.7. The van der Waals surface area contributed by atoms with E-state index in [1.54, 1.807) is 56.6 Å². The van der Waals surface area contributed by atoms with Crippen molar-refractivity contribution < 1.29 is 17.6 Å². The highest BCUT2D eigenvalue weighted by Gasteiger charge is 2.20. The summed E-state index contributed by atoms with van der Waals surface area (Å²) in [7, 11) is -3.62. The van der Waals surface area contributed by atoms with Crippen molar-refractivity contribution in [3.63, 3.8) is 0 Å². The fourth-order valence-corrected chi connectivity index (χ4v) is 4.60. The van der Waals surface area contributed by atoms with Crippen molar-refractivity contribution in [2.45, 2.75) is 45.2 Å². The van der Waals surface area contributed by atoms with Crippen LogP contribution in [0.25, 0.3) is 5.69 Å². The number of amides is 1. The minimum absolute atomic E-state index is 0.143. The first kappa shape index (κ1) is 22.6. The summed E-state index contributed by atoms with van der Waals surface area (Å²) in [5.41, 5.74) is 2.89. The van der Waals surface area contributed by atoms with E-state index in [9.17, 15) is 17.6 Å². The van der Waals surface area contributed by atoms with Gasteiger partial charge in [0.1, 0.15) is 5.82 Å². The average molecular weight is 445 g/mol. The maximum Gasteiger partial charge on any atom is 0.255 e. The molecule has 0 bridgehead atoms. The van der Waals surface area contributed by atoms with Gasteiger partial charge in [0.15, 0.2) is 0 Å². The number of hydrogen-bond donors (Lipinski definition) is 2. The molecule has 0 spiro atoms. The third-order valence-corrected chi connectivity index (χ3v) is 6.30. The third-order valence-electron chi connectivity index (χ3n) is 4.64. The lowest BCUT2D eigenvalue weighted by molar-refractivity contribution is 0.0949. The van der Waals surface area contributed by atoms with Gasteiger partial charge in [-0.1, -0.05) is 12.1 Å². The largest absolute Gasteiger partial charge is 0.348 e. The van der Waals surface area contributed by atoms with Crippen molar-refractivity contribution in [3.8, 4) is 5.69 Å². The van der Waals surface area contributed by atoms with Crippen molar-refractivity contribution in [3.05, 3.63) is 76.9 Å². The molecular weight excluding hydrogens is 419 g/mol. The molecule has 0 aliphatic rings. The first-order chi connectivity index (χ1) is 14.6. The number of carbonyl (C=O) groups excluding carboxylic acids is 1. The third kappa shape index (κ3) is 5.18. The number of nitrogens with one attached hydrogen (secondary N) is 2. The molecule has 0 fully saturated rings. The van der Waals surface area contributed by atoms with E-state index in [0.717, 1.165) is 0 Å². The van der Waals surface area contributed by atoms with Gasteiger partial charge in [0.2, 0.25) is 10.0 Å². The summed E-state index contributed by atoms with van der Waals surface area (Å²) in [6.45, 7) is 7.15. The lowest BCUT2D eigenvalue weighted by Gasteiger charge is -2.11. The molecular formula is C22H25FN4O3S. The Morgan fingerprint density at radius 1 is 1.13 bits per heavy atom. The molecule has 0 unspecified atom stereocenters. The van der Waals surface area contributed by atoms with E-state index in [4.69, 9.17) is 0 Å². The molecule has 0 atom stereocenters. The van der Waals surface area contributed by atoms with Crippen molar-refractivity contribution in [2.75, 3.05) is 0 Å². The predicted molar refractivity (Wildman–Crippen MR) is 116 cm³/mol. The van der Waals surface area contributed by atoms with Gasteiger partial charge in [-0.15, -0.1) is 0 Å². The van der Waals surface area contributed by atoms with Gasteiger partial charge in [-0.05, 0) is 69.7 Å². The number of rotatable bonds is 7. The van der Waals surface area contributed by atoms with E-state index in [1.165, 1.54) is 24.3 Å². The Bertz CT molecular complexity index is 1200. The number of sulfonamides is 1. The van der Waals surface area contributed by atoms with Crippen LogP contribution in [-0.4, -0.2) is 30.1 Å². The minimum atomic E-state index is -3.62. The highest BCUT2D eigenvalue weighted by atomic mass is 32.2. The van der Waals surface area contributed by atoms with Crippen molar-refractivity contribution in [1.29, 1.82) is 0 Å². The van der Waals surface area contributed by atoms with E-state index in [2.05, 4.69) is 15.1 Å². The van der Waals surface area contributed by atoms with Crippen LogP contribution in [-0.2, 0) is 16.6 Å². The highest BCUT2D eigenvalue weighted by molar-refractivity contribution is 7.89. The SMILES string of the molecule is Cc1nn(-c2ccc(F)cc2)c(C)c1C(=O)NCc1cccc(S(=O)(=O)NC(C)C)c1. The highest BCUT2D eigenvalue weighted by Crippen LogP contribution is 2.19. The van der Waals surface area contributed by atoms with Crippen LogP contribution < -0.4 is 10.0 Å². The number of nitrogens with zero attached hydrogens (tertiary/aromatic N) is 2. The maximum atomic E-state index is 13.2. The van der Waals surface area contributed by atoms with Crippen LogP contribution in [0.1, 0.15) is 41.2 Å². The first-order valence-corrected chi connectivity index (χ1v) is 11.3. The monoisotopic (exact) mass is 444 g/mol. The van der Waals surface area contributed by atoms with Gasteiger partial charge in [0.05, 0.1) is 27.5 Å². The zero-order valence-electron chi connectivity index (χ0n) is 17.8. The molecule has 0 saturated carbocycles. The molecule has 0 saturated heterocycles. The molecule has 2 N–H and O–H groups in total. The zero-order valence-corrected chi connectivity index (χ0v) is 18.6. The molecule has 1 heterocycles. The summed E-state index contributed by atoms with van der Waals surface area (Å²) in [5.74, 6) is -0.673. The molecule has 164 valence electrons. The number of carbonyl (C=O) groups is 1. The number of benzene rings is 2. The molecule has 1 aromatic heterocycles. The second kappa shape index (κ2) is 8.99. The predicted octanol–water partition coefficient (Wildman–Crippen LogP) is 3.24. The summed E-state index contributed by atoms with van der Waals surface area (Å²) in [6, 6.07) is 12.1. The molecule has 3 rings (SSSR count). The van der Waals surface area contributed by atoms with Crippen molar-refractivity contribution in [1.82, 2.24) is 19.8 Å². The lowest BCUT2D eigenvalue weighted by Crippen LogP contribution is -2.30. The van der Waals surface area contributed by atoms with Gasteiger partial charge >= 0.3 is 0 Å². The smallest absolute Gasteiger partial charge is 0.255 e. The van der Waals surface area contributed by atoms with Crippen LogP contribution in [0.3, 0.4) is 0 Å². The molecule has 0 aliphatic heterocycles. The van der Waals surface area contributed by atoms with Crippen LogP contribution in [0.15, 0.2) is 53.4 Å². The van der Waals surface area contributed by atoms with Gasteiger partial charge in [-0.25, -0.2) is 22.2 Å². The standard InChI is InChI=1S/C22H25FN4O3S/c1-14(2)26-31(29,30)20-7-5-6-17(12-20)13-24-22(28)21-15(3)25-27(16(21)4)19-10-8-18(23)9-11-19/h5-12,14,26H,13H2,1-4H3,(H,24,28). The van der Waals surface area contributed by atoms with Gasteiger partial charge < -0.3 is 5.32 Å². The van der Waals surface area contributed by atoms with Gasteiger partial charge in [0.25, 0.3) is 5.91 Å². The van der Waals surface area contributed by atoms with Crippen LogP contribution in [0.2, 0.25) is 0 Å². The molecule has 0 radical (unpaired) electrons. The van der Waals surface area contributed by atoms with Gasteiger partial charge in [0, 0.05) is 12.6 Å². The Hall–Kier alpha value is -3.04. The van der Waals surface area contributed by atoms with Crippen LogP contribution in [0.5, 0.6) is 0 Å². The number of hydrogen-bond acceptors (Lipinski definition) is 4. The van der Waals surface area contributed by atoms with E-state index < -0.39 is 10.0 Å². The van der Waals surface area contributed by atoms with E-state index in [1.807, 2.05) is 0 Å². The van der Waals surface area contributed by atoms with Crippen molar-refractivity contribution >= 4 is 15.9 Å². The Labute approximate surface area is 181 Å². The van der Waals surface area contributed by atoms with Crippen LogP contribution in [0, 0.1) is 19.7 Å².